The van der Waals surface area contributed by atoms with Gasteiger partial charge in [-0.3, -0.25) is 4.40 Å². The minimum Gasteiger partial charge on any atom is -0.375 e. The van der Waals surface area contributed by atoms with Crippen molar-refractivity contribution in [1.82, 2.24) is 13.7 Å². The van der Waals surface area contributed by atoms with Crippen molar-refractivity contribution in [2.45, 2.75) is 24.5 Å². The maximum absolute atomic E-state index is 12.8. The topological polar surface area (TPSA) is 63.9 Å². The van der Waals surface area contributed by atoms with E-state index in [1.165, 1.54) is 20.0 Å². The van der Waals surface area contributed by atoms with Gasteiger partial charge in [0.05, 0.1) is 12.7 Å². The van der Waals surface area contributed by atoms with E-state index in [0.717, 1.165) is 6.42 Å². The molecule has 1 aliphatic heterocycles. The van der Waals surface area contributed by atoms with E-state index in [-0.39, 0.29) is 16.3 Å². The molecule has 1 aliphatic rings. The van der Waals surface area contributed by atoms with Crippen LogP contribution in [0.5, 0.6) is 0 Å². The SMILES string of the molecule is CCC1CN(S(=O)(=O)c2c(Cl)nc3sccn23)CCO1. The number of rotatable bonds is 3. The highest BCUT2D eigenvalue weighted by molar-refractivity contribution is 7.89. The quantitative estimate of drug-likeness (QED) is 0.858. The van der Waals surface area contributed by atoms with Crippen LogP contribution in [0.4, 0.5) is 0 Å². The van der Waals surface area contributed by atoms with E-state index in [4.69, 9.17) is 16.3 Å². The summed E-state index contributed by atoms with van der Waals surface area (Å²) in [5.74, 6) is 0. The molecule has 3 heterocycles. The van der Waals surface area contributed by atoms with Crippen LogP contribution in [0.15, 0.2) is 16.6 Å². The van der Waals surface area contributed by atoms with Crippen molar-refractivity contribution >= 4 is 37.9 Å². The van der Waals surface area contributed by atoms with Crippen LogP contribution in [0.2, 0.25) is 5.15 Å². The summed E-state index contributed by atoms with van der Waals surface area (Å²) >= 11 is 7.37. The second kappa shape index (κ2) is 5.27. The molecular weight excluding hydrogens is 322 g/mol. The van der Waals surface area contributed by atoms with Gasteiger partial charge in [-0.1, -0.05) is 18.5 Å². The van der Waals surface area contributed by atoms with Gasteiger partial charge in [-0.15, -0.1) is 11.3 Å². The second-order valence-corrected chi connectivity index (χ2v) is 7.61. The van der Waals surface area contributed by atoms with E-state index in [2.05, 4.69) is 4.98 Å². The molecule has 0 spiro atoms. The monoisotopic (exact) mass is 335 g/mol. The lowest BCUT2D eigenvalue weighted by Crippen LogP contribution is -2.45. The number of ether oxygens (including phenoxy) is 1. The molecule has 2 aromatic heterocycles. The molecule has 0 bridgehead atoms. The molecule has 2 aromatic rings. The fraction of sp³-hybridized carbons (Fsp3) is 0.545. The van der Waals surface area contributed by atoms with Crippen molar-refractivity contribution < 1.29 is 13.2 Å². The highest BCUT2D eigenvalue weighted by atomic mass is 35.5. The third-order valence-electron chi connectivity index (χ3n) is 3.32. The van der Waals surface area contributed by atoms with Crippen molar-refractivity contribution in [1.29, 1.82) is 0 Å². The molecular formula is C11H14ClN3O3S2. The average molecular weight is 336 g/mol. The fourth-order valence-corrected chi connectivity index (χ4v) is 5.11. The lowest BCUT2D eigenvalue weighted by Gasteiger charge is -2.31. The number of nitrogens with zero attached hydrogens (tertiary/aromatic N) is 3. The molecule has 1 atom stereocenters. The molecule has 9 heteroatoms. The molecule has 6 nitrogen and oxygen atoms in total. The van der Waals surface area contributed by atoms with Gasteiger partial charge in [0.25, 0.3) is 10.0 Å². The first-order chi connectivity index (χ1) is 9.54. The first-order valence-electron chi connectivity index (χ1n) is 6.27. The van der Waals surface area contributed by atoms with Crippen LogP contribution >= 0.6 is 22.9 Å². The smallest absolute Gasteiger partial charge is 0.262 e. The molecule has 0 N–H and O–H groups in total. The number of hydrogen-bond acceptors (Lipinski definition) is 5. The van der Waals surface area contributed by atoms with E-state index in [1.807, 2.05) is 6.92 Å². The first kappa shape index (κ1) is 14.3. The molecule has 1 saturated heterocycles. The highest BCUT2D eigenvalue weighted by Crippen LogP contribution is 2.29. The van der Waals surface area contributed by atoms with Gasteiger partial charge in [-0.05, 0) is 6.42 Å². The summed E-state index contributed by atoms with van der Waals surface area (Å²) in [5, 5.41) is 1.86. The van der Waals surface area contributed by atoms with Crippen molar-refractivity contribution in [3.8, 4) is 0 Å². The molecule has 0 saturated carbocycles. The van der Waals surface area contributed by atoms with E-state index < -0.39 is 10.0 Å². The molecule has 110 valence electrons. The van der Waals surface area contributed by atoms with Gasteiger partial charge < -0.3 is 4.74 Å². The number of thiazole rings is 1. The summed E-state index contributed by atoms with van der Waals surface area (Å²) in [4.78, 5) is 4.66. The van der Waals surface area contributed by atoms with Crippen LogP contribution in [0.3, 0.4) is 0 Å². The van der Waals surface area contributed by atoms with E-state index in [9.17, 15) is 8.42 Å². The maximum atomic E-state index is 12.8. The van der Waals surface area contributed by atoms with Crippen LogP contribution in [0.25, 0.3) is 4.96 Å². The Balaban J connectivity index is 2.03. The Bertz CT molecular complexity index is 724. The summed E-state index contributed by atoms with van der Waals surface area (Å²) in [7, 11) is -3.66. The van der Waals surface area contributed by atoms with Gasteiger partial charge in [0.15, 0.2) is 15.1 Å². The fourth-order valence-electron chi connectivity index (χ4n) is 2.25. The van der Waals surface area contributed by atoms with Crippen molar-refractivity contribution in [3.05, 3.63) is 16.7 Å². The normalized spacial score (nSPS) is 21.6. The number of halogens is 1. The molecule has 20 heavy (non-hydrogen) atoms. The lowest BCUT2D eigenvalue weighted by atomic mass is 10.2. The summed E-state index contributed by atoms with van der Waals surface area (Å²) in [6.45, 7) is 3.07. The van der Waals surface area contributed by atoms with Gasteiger partial charge in [-0.25, -0.2) is 13.4 Å². The molecule has 1 fully saturated rings. The van der Waals surface area contributed by atoms with Crippen LogP contribution in [-0.4, -0.2) is 47.9 Å². The lowest BCUT2D eigenvalue weighted by molar-refractivity contribution is -0.00285. The zero-order chi connectivity index (χ0) is 14.3. The molecule has 3 rings (SSSR count). The van der Waals surface area contributed by atoms with Crippen LogP contribution in [0, 0.1) is 0 Å². The summed E-state index contributed by atoms with van der Waals surface area (Å²) in [6.07, 6.45) is 2.38. The summed E-state index contributed by atoms with van der Waals surface area (Å²) < 4.78 is 34.0. The number of fused-ring (bicyclic) bond motifs is 1. The molecule has 0 aromatic carbocycles. The van der Waals surface area contributed by atoms with Gasteiger partial charge in [0.2, 0.25) is 0 Å². The van der Waals surface area contributed by atoms with E-state index in [1.54, 1.807) is 11.6 Å². The van der Waals surface area contributed by atoms with Gasteiger partial charge in [0.1, 0.15) is 0 Å². The van der Waals surface area contributed by atoms with Gasteiger partial charge in [0, 0.05) is 24.7 Å². The van der Waals surface area contributed by atoms with Crippen molar-refractivity contribution in [3.63, 3.8) is 0 Å². The Kier molecular flexibility index (Phi) is 3.76. The predicted molar refractivity (Wildman–Crippen MR) is 76.9 cm³/mol. The Labute approximate surface area is 126 Å². The Morgan fingerprint density at radius 2 is 2.40 bits per heavy atom. The molecule has 0 aliphatic carbocycles. The van der Waals surface area contributed by atoms with Crippen LogP contribution in [-0.2, 0) is 14.8 Å². The molecule has 1 unspecified atom stereocenters. The number of morpholine rings is 1. The van der Waals surface area contributed by atoms with Gasteiger partial charge in [-0.2, -0.15) is 4.31 Å². The van der Waals surface area contributed by atoms with Crippen molar-refractivity contribution in [2.24, 2.45) is 0 Å². The number of aromatic nitrogens is 2. The van der Waals surface area contributed by atoms with E-state index in [0.29, 0.717) is 24.7 Å². The second-order valence-electron chi connectivity index (χ2n) is 4.53. The maximum Gasteiger partial charge on any atom is 0.262 e. The number of hydrogen-bond donors (Lipinski definition) is 0. The third kappa shape index (κ3) is 2.25. The van der Waals surface area contributed by atoms with Crippen molar-refractivity contribution in [2.75, 3.05) is 19.7 Å². The predicted octanol–water partition coefficient (Wildman–Crippen LogP) is 1.85. The van der Waals surface area contributed by atoms with E-state index >= 15 is 0 Å². The van der Waals surface area contributed by atoms with Gasteiger partial charge >= 0.3 is 0 Å². The highest BCUT2D eigenvalue weighted by Gasteiger charge is 2.34. The summed E-state index contributed by atoms with van der Waals surface area (Å²) in [5.41, 5.74) is 0. The first-order valence-corrected chi connectivity index (χ1v) is 8.96. The standard InChI is InChI=1S/C11H14ClN3O3S2/c1-2-8-7-14(3-5-18-8)20(16,17)10-9(12)13-11-15(10)4-6-19-11/h4,6,8H,2-3,5,7H2,1H3. The number of imidazole rings is 1. The summed E-state index contributed by atoms with van der Waals surface area (Å²) in [6, 6.07) is 0. The zero-order valence-corrected chi connectivity index (χ0v) is 13.2. The third-order valence-corrected chi connectivity index (χ3v) is 6.34. The number of sulfonamides is 1. The minimum absolute atomic E-state index is 0.0244. The average Bonchev–Trinajstić information content (AvgIpc) is 2.98. The Morgan fingerprint density at radius 3 is 3.15 bits per heavy atom. The molecule has 0 amide bonds. The zero-order valence-electron chi connectivity index (χ0n) is 10.8. The Morgan fingerprint density at radius 1 is 1.60 bits per heavy atom. The van der Waals surface area contributed by atoms with Crippen LogP contribution in [0.1, 0.15) is 13.3 Å². The molecule has 0 radical (unpaired) electrons. The largest absolute Gasteiger partial charge is 0.375 e. The minimum atomic E-state index is -3.66. The Hall–Kier alpha value is -0.670. The van der Waals surface area contributed by atoms with Crippen LogP contribution < -0.4 is 0 Å².